The average Bonchev–Trinajstić information content (AvgIpc) is 3.15. The van der Waals surface area contributed by atoms with Crippen molar-refractivity contribution in [3.63, 3.8) is 0 Å². The van der Waals surface area contributed by atoms with E-state index in [9.17, 15) is 14.4 Å². The third-order valence-electron chi connectivity index (χ3n) is 5.09. The van der Waals surface area contributed by atoms with E-state index in [0.717, 1.165) is 10.9 Å². The molecule has 0 fully saturated rings. The fourth-order valence-corrected chi connectivity index (χ4v) is 3.39. The van der Waals surface area contributed by atoms with Crippen LogP contribution >= 0.6 is 0 Å². The summed E-state index contributed by atoms with van der Waals surface area (Å²) < 4.78 is 7.41. The van der Waals surface area contributed by atoms with E-state index >= 15 is 0 Å². The van der Waals surface area contributed by atoms with E-state index < -0.39 is 0 Å². The number of benzene rings is 2. The Hall–Kier alpha value is -3.61. The number of nitrogens with zero attached hydrogens (tertiary/aromatic N) is 2. The molecule has 0 bridgehead atoms. The molecule has 0 saturated heterocycles. The van der Waals surface area contributed by atoms with E-state index in [1.54, 1.807) is 35.2 Å². The summed E-state index contributed by atoms with van der Waals surface area (Å²) in [5.41, 5.74) is 2.11. The number of carbonyl (C=O) groups excluding carboxylic acids is 3. The molecule has 0 radical (unpaired) electrons. The highest BCUT2D eigenvalue weighted by atomic mass is 16.5. The number of ether oxygens (including phenoxy) is 1. The molecule has 1 aromatic heterocycles. The van der Waals surface area contributed by atoms with Crippen LogP contribution in [0.2, 0.25) is 0 Å². The monoisotopic (exact) mass is 421 g/mol. The van der Waals surface area contributed by atoms with Gasteiger partial charge in [0.15, 0.2) is 12.4 Å². The Balaban J connectivity index is 1.62. The first-order chi connectivity index (χ1) is 14.9. The van der Waals surface area contributed by atoms with Gasteiger partial charge in [0.25, 0.3) is 5.91 Å². The topological polar surface area (TPSA) is 80.6 Å². The Morgan fingerprint density at radius 1 is 1.03 bits per heavy atom. The number of Topliss-reactive ketones (excluding diaryl/α,β-unsaturated/α-hetero) is 1. The minimum Gasteiger partial charge on any atom is -0.484 e. The molecule has 3 rings (SSSR count). The van der Waals surface area contributed by atoms with Crippen molar-refractivity contribution >= 4 is 34.2 Å². The van der Waals surface area contributed by atoms with Crippen molar-refractivity contribution in [1.82, 2.24) is 9.47 Å². The van der Waals surface area contributed by atoms with E-state index in [-0.39, 0.29) is 30.7 Å². The van der Waals surface area contributed by atoms with Crippen molar-refractivity contribution < 1.29 is 19.1 Å². The molecule has 162 valence electrons. The lowest BCUT2D eigenvalue weighted by molar-refractivity contribution is -0.131. The zero-order valence-electron chi connectivity index (χ0n) is 18.1. The third-order valence-corrected chi connectivity index (χ3v) is 5.09. The summed E-state index contributed by atoms with van der Waals surface area (Å²) in [6, 6.07) is 14.2. The zero-order valence-corrected chi connectivity index (χ0v) is 18.1. The number of fused-ring (bicyclic) bond motifs is 1. The molecule has 0 saturated carbocycles. The van der Waals surface area contributed by atoms with Gasteiger partial charge in [0, 0.05) is 41.4 Å². The number of rotatable bonds is 9. The molecule has 0 aliphatic heterocycles. The van der Waals surface area contributed by atoms with Crippen molar-refractivity contribution in [1.29, 1.82) is 0 Å². The van der Waals surface area contributed by atoms with Crippen molar-refractivity contribution in [2.75, 3.05) is 25.0 Å². The van der Waals surface area contributed by atoms with E-state index in [4.69, 9.17) is 4.74 Å². The number of hydrogen-bond acceptors (Lipinski definition) is 4. The Bertz CT molecular complexity index is 1100. The SMILES string of the molecule is CCN(CC)C(=O)Cn1ccc2cc(NC(=O)COc3cccc(C(C)=O)c3)ccc21. The van der Waals surface area contributed by atoms with E-state index in [2.05, 4.69) is 5.32 Å². The average molecular weight is 421 g/mol. The van der Waals surface area contributed by atoms with Crippen LogP contribution in [0, 0.1) is 0 Å². The van der Waals surface area contributed by atoms with Gasteiger partial charge in [-0.1, -0.05) is 12.1 Å². The standard InChI is InChI=1S/C24H27N3O4/c1-4-26(5-2)24(30)15-27-12-11-19-13-20(9-10-22(19)27)25-23(29)16-31-21-8-6-7-18(14-21)17(3)28/h6-14H,4-5,15-16H2,1-3H3,(H,25,29). The maximum absolute atomic E-state index is 12.4. The molecule has 1 heterocycles. The fourth-order valence-electron chi connectivity index (χ4n) is 3.39. The van der Waals surface area contributed by atoms with Crippen LogP contribution in [0.5, 0.6) is 5.75 Å². The maximum Gasteiger partial charge on any atom is 0.262 e. The highest BCUT2D eigenvalue weighted by Gasteiger charge is 2.12. The number of anilines is 1. The molecular weight excluding hydrogens is 394 g/mol. The first-order valence-electron chi connectivity index (χ1n) is 10.3. The smallest absolute Gasteiger partial charge is 0.262 e. The van der Waals surface area contributed by atoms with Gasteiger partial charge in [-0.25, -0.2) is 0 Å². The minimum atomic E-state index is -0.302. The molecule has 0 spiro atoms. The number of ketones is 1. The molecular formula is C24H27N3O4. The molecule has 1 N–H and O–H groups in total. The van der Waals surface area contributed by atoms with Crippen LogP contribution in [0.4, 0.5) is 5.69 Å². The lowest BCUT2D eigenvalue weighted by Gasteiger charge is -2.19. The maximum atomic E-state index is 12.4. The van der Waals surface area contributed by atoms with Crippen LogP contribution in [0.3, 0.4) is 0 Å². The molecule has 0 aliphatic carbocycles. The minimum absolute atomic E-state index is 0.0612. The largest absolute Gasteiger partial charge is 0.484 e. The highest BCUT2D eigenvalue weighted by Crippen LogP contribution is 2.21. The van der Waals surface area contributed by atoms with Crippen LogP contribution < -0.4 is 10.1 Å². The number of carbonyl (C=O) groups is 3. The van der Waals surface area contributed by atoms with E-state index in [1.807, 2.05) is 42.8 Å². The summed E-state index contributed by atoms with van der Waals surface area (Å²) in [5.74, 6) is 0.178. The normalized spacial score (nSPS) is 10.7. The zero-order chi connectivity index (χ0) is 22.4. The molecule has 31 heavy (non-hydrogen) atoms. The first-order valence-corrected chi connectivity index (χ1v) is 10.3. The molecule has 0 aliphatic rings. The van der Waals surface area contributed by atoms with Gasteiger partial charge >= 0.3 is 0 Å². The van der Waals surface area contributed by atoms with Gasteiger partial charge < -0.3 is 19.5 Å². The summed E-state index contributed by atoms with van der Waals surface area (Å²) >= 11 is 0. The van der Waals surface area contributed by atoms with Gasteiger partial charge in [-0.05, 0) is 57.2 Å². The number of hydrogen-bond donors (Lipinski definition) is 1. The summed E-state index contributed by atoms with van der Waals surface area (Å²) in [6.45, 7) is 6.90. The number of likely N-dealkylation sites (N-methyl/N-ethyl adjacent to an activating group) is 1. The quantitative estimate of drug-likeness (QED) is 0.534. The number of aromatic nitrogens is 1. The van der Waals surface area contributed by atoms with Gasteiger partial charge in [-0.15, -0.1) is 0 Å². The number of amides is 2. The Kier molecular flexibility index (Phi) is 7.07. The molecule has 2 amide bonds. The molecule has 7 heteroatoms. The predicted molar refractivity (Wildman–Crippen MR) is 120 cm³/mol. The second-order valence-electron chi connectivity index (χ2n) is 7.20. The van der Waals surface area contributed by atoms with E-state index in [1.165, 1.54) is 6.92 Å². The van der Waals surface area contributed by atoms with Crippen LogP contribution in [0.25, 0.3) is 10.9 Å². The van der Waals surface area contributed by atoms with Crippen molar-refractivity contribution in [2.24, 2.45) is 0 Å². The summed E-state index contributed by atoms with van der Waals surface area (Å²) in [7, 11) is 0. The lowest BCUT2D eigenvalue weighted by atomic mass is 10.1. The van der Waals surface area contributed by atoms with Crippen LogP contribution in [-0.4, -0.2) is 46.8 Å². The third kappa shape index (κ3) is 5.51. The van der Waals surface area contributed by atoms with Crippen molar-refractivity contribution in [3.8, 4) is 5.75 Å². The molecule has 7 nitrogen and oxygen atoms in total. The van der Waals surface area contributed by atoms with Gasteiger partial charge in [0.05, 0.1) is 0 Å². The van der Waals surface area contributed by atoms with Gasteiger partial charge in [0.2, 0.25) is 5.91 Å². The summed E-state index contributed by atoms with van der Waals surface area (Å²) in [6.07, 6.45) is 1.88. The van der Waals surface area contributed by atoms with Crippen molar-refractivity contribution in [3.05, 3.63) is 60.3 Å². The van der Waals surface area contributed by atoms with Crippen LogP contribution in [0.1, 0.15) is 31.1 Å². The van der Waals surface area contributed by atoms with Gasteiger partial charge in [-0.3, -0.25) is 14.4 Å². The lowest BCUT2D eigenvalue weighted by Crippen LogP contribution is -2.33. The first kappa shape index (κ1) is 22.1. The molecule has 0 unspecified atom stereocenters. The van der Waals surface area contributed by atoms with Crippen LogP contribution in [-0.2, 0) is 16.1 Å². The second kappa shape index (κ2) is 9.93. The highest BCUT2D eigenvalue weighted by molar-refractivity contribution is 5.95. The molecule has 0 atom stereocenters. The van der Waals surface area contributed by atoms with Crippen molar-refractivity contribution in [2.45, 2.75) is 27.3 Å². The number of nitrogens with one attached hydrogen (secondary N) is 1. The fraction of sp³-hybridized carbons (Fsp3) is 0.292. The second-order valence-corrected chi connectivity index (χ2v) is 7.20. The van der Waals surface area contributed by atoms with Gasteiger partial charge in [0.1, 0.15) is 12.3 Å². The Labute approximate surface area is 181 Å². The summed E-state index contributed by atoms with van der Waals surface area (Å²) in [5, 5.41) is 3.74. The van der Waals surface area contributed by atoms with Crippen LogP contribution in [0.15, 0.2) is 54.7 Å². The van der Waals surface area contributed by atoms with E-state index in [0.29, 0.717) is 30.1 Å². The Morgan fingerprint density at radius 3 is 2.52 bits per heavy atom. The van der Waals surface area contributed by atoms with Gasteiger partial charge in [-0.2, -0.15) is 0 Å². The molecule has 3 aromatic rings. The Morgan fingerprint density at radius 2 is 1.81 bits per heavy atom. The predicted octanol–water partition coefficient (Wildman–Crippen LogP) is 3.73. The molecule has 2 aromatic carbocycles. The summed E-state index contributed by atoms with van der Waals surface area (Å²) in [4.78, 5) is 37.9.